The van der Waals surface area contributed by atoms with Crippen molar-refractivity contribution in [3.05, 3.63) is 54.2 Å². The quantitative estimate of drug-likeness (QED) is 0.335. The SMILES string of the molecule is CCCCCCCCCN(CCOc1cccc(CC(C)C(=O)O)c1)c1ccccn1. The highest BCUT2D eigenvalue weighted by Crippen LogP contribution is 2.18. The van der Waals surface area contributed by atoms with Crippen LogP contribution < -0.4 is 9.64 Å². The largest absolute Gasteiger partial charge is 0.492 e. The highest BCUT2D eigenvalue weighted by Gasteiger charge is 2.12. The molecule has 1 heterocycles. The van der Waals surface area contributed by atoms with Crippen LogP contribution in [0.25, 0.3) is 0 Å². The highest BCUT2D eigenvalue weighted by molar-refractivity contribution is 5.69. The Morgan fingerprint density at radius 3 is 2.52 bits per heavy atom. The summed E-state index contributed by atoms with van der Waals surface area (Å²) in [6, 6.07) is 13.8. The molecule has 0 saturated heterocycles. The second-order valence-electron chi connectivity index (χ2n) is 8.24. The third-order valence-corrected chi connectivity index (χ3v) is 5.50. The summed E-state index contributed by atoms with van der Waals surface area (Å²) in [5, 5.41) is 9.12. The van der Waals surface area contributed by atoms with Crippen molar-refractivity contribution in [3.63, 3.8) is 0 Å². The van der Waals surface area contributed by atoms with Gasteiger partial charge in [0.2, 0.25) is 0 Å². The van der Waals surface area contributed by atoms with Gasteiger partial charge in [-0.1, -0.05) is 70.6 Å². The zero-order chi connectivity index (χ0) is 22.3. The fourth-order valence-electron chi connectivity index (χ4n) is 3.62. The van der Waals surface area contributed by atoms with Gasteiger partial charge in [0, 0.05) is 12.7 Å². The van der Waals surface area contributed by atoms with E-state index in [9.17, 15) is 4.79 Å². The van der Waals surface area contributed by atoms with Gasteiger partial charge in [-0.25, -0.2) is 4.98 Å². The van der Waals surface area contributed by atoms with E-state index in [-0.39, 0.29) is 0 Å². The fraction of sp³-hybridized carbons (Fsp3) is 0.538. The summed E-state index contributed by atoms with van der Waals surface area (Å²) in [7, 11) is 0. The predicted molar refractivity (Wildman–Crippen MR) is 127 cm³/mol. The zero-order valence-corrected chi connectivity index (χ0v) is 19.1. The lowest BCUT2D eigenvalue weighted by Gasteiger charge is -2.24. The average Bonchev–Trinajstić information content (AvgIpc) is 2.78. The van der Waals surface area contributed by atoms with Crippen LogP contribution in [-0.2, 0) is 11.2 Å². The van der Waals surface area contributed by atoms with Crippen molar-refractivity contribution >= 4 is 11.8 Å². The number of unbranched alkanes of at least 4 members (excludes halogenated alkanes) is 6. The number of ether oxygens (including phenoxy) is 1. The molecule has 1 unspecified atom stereocenters. The summed E-state index contributed by atoms with van der Waals surface area (Å²) in [5.41, 5.74) is 0.983. The predicted octanol–water partition coefficient (Wildman–Crippen LogP) is 5.98. The van der Waals surface area contributed by atoms with Gasteiger partial charge in [0.25, 0.3) is 0 Å². The minimum absolute atomic E-state index is 0.406. The molecule has 31 heavy (non-hydrogen) atoms. The first kappa shape index (κ1) is 24.7. The van der Waals surface area contributed by atoms with Gasteiger partial charge < -0.3 is 14.7 Å². The Kier molecular flexibility index (Phi) is 11.5. The number of hydrogen-bond acceptors (Lipinski definition) is 4. The minimum atomic E-state index is -0.775. The Morgan fingerprint density at radius 2 is 1.81 bits per heavy atom. The molecule has 0 bridgehead atoms. The Morgan fingerprint density at radius 1 is 1.03 bits per heavy atom. The molecule has 1 N–H and O–H groups in total. The van der Waals surface area contributed by atoms with Crippen LogP contribution in [0.5, 0.6) is 5.75 Å². The smallest absolute Gasteiger partial charge is 0.306 e. The van der Waals surface area contributed by atoms with Crippen LogP contribution in [0.4, 0.5) is 5.82 Å². The Balaban J connectivity index is 1.82. The summed E-state index contributed by atoms with van der Waals surface area (Å²) in [6.45, 7) is 6.28. The summed E-state index contributed by atoms with van der Waals surface area (Å²) in [6.07, 6.45) is 11.3. The lowest BCUT2D eigenvalue weighted by molar-refractivity contribution is -0.141. The number of carboxylic acids is 1. The van der Waals surface area contributed by atoms with Gasteiger partial charge in [0.05, 0.1) is 12.5 Å². The number of anilines is 1. The molecule has 0 amide bonds. The van der Waals surface area contributed by atoms with Crippen molar-refractivity contribution < 1.29 is 14.6 Å². The molecule has 5 heteroatoms. The minimum Gasteiger partial charge on any atom is -0.492 e. The van der Waals surface area contributed by atoms with E-state index in [1.54, 1.807) is 6.92 Å². The maximum atomic E-state index is 11.1. The molecule has 0 aliphatic rings. The van der Waals surface area contributed by atoms with Crippen LogP contribution in [0.1, 0.15) is 64.4 Å². The van der Waals surface area contributed by atoms with E-state index in [1.165, 1.54) is 38.5 Å². The first-order chi connectivity index (χ1) is 15.1. The number of carboxylic acid groups (broad SMARTS) is 1. The van der Waals surface area contributed by atoms with Crippen molar-refractivity contribution in [2.75, 3.05) is 24.6 Å². The molecule has 1 atom stereocenters. The van der Waals surface area contributed by atoms with Crippen LogP contribution in [0.3, 0.4) is 0 Å². The Bertz CT molecular complexity index is 751. The molecule has 0 aliphatic carbocycles. The van der Waals surface area contributed by atoms with Gasteiger partial charge in [-0.3, -0.25) is 4.79 Å². The maximum absolute atomic E-state index is 11.1. The number of pyridine rings is 1. The number of nitrogens with zero attached hydrogens (tertiary/aromatic N) is 2. The van der Waals surface area contributed by atoms with Crippen LogP contribution in [0.2, 0.25) is 0 Å². The number of benzene rings is 1. The van der Waals surface area contributed by atoms with Crippen molar-refractivity contribution in [1.82, 2.24) is 4.98 Å². The first-order valence-corrected chi connectivity index (χ1v) is 11.7. The number of hydrogen-bond donors (Lipinski definition) is 1. The Labute approximate surface area is 187 Å². The van der Waals surface area contributed by atoms with E-state index in [0.29, 0.717) is 13.0 Å². The van der Waals surface area contributed by atoms with Gasteiger partial charge in [-0.05, 0) is 42.7 Å². The third-order valence-electron chi connectivity index (χ3n) is 5.50. The first-order valence-electron chi connectivity index (χ1n) is 11.7. The molecule has 0 aliphatic heterocycles. The van der Waals surface area contributed by atoms with Crippen LogP contribution in [0, 0.1) is 5.92 Å². The number of carbonyl (C=O) groups is 1. The Hall–Kier alpha value is -2.56. The molecule has 2 rings (SSSR count). The zero-order valence-electron chi connectivity index (χ0n) is 19.1. The molecule has 1 aromatic carbocycles. The highest BCUT2D eigenvalue weighted by atomic mass is 16.5. The molecule has 0 spiro atoms. The van der Waals surface area contributed by atoms with E-state index < -0.39 is 11.9 Å². The van der Waals surface area contributed by atoms with E-state index >= 15 is 0 Å². The van der Waals surface area contributed by atoms with E-state index in [1.807, 2.05) is 42.6 Å². The molecule has 1 aromatic heterocycles. The van der Waals surface area contributed by atoms with Crippen molar-refractivity contribution in [3.8, 4) is 5.75 Å². The maximum Gasteiger partial charge on any atom is 0.306 e. The summed E-state index contributed by atoms with van der Waals surface area (Å²) in [4.78, 5) is 17.9. The lowest BCUT2D eigenvalue weighted by Crippen LogP contribution is -2.30. The molecule has 5 nitrogen and oxygen atoms in total. The van der Waals surface area contributed by atoms with Crippen LogP contribution >= 0.6 is 0 Å². The molecule has 0 saturated carbocycles. The number of rotatable bonds is 16. The van der Waals surface area contributed by atoms with Crippen LogP contribution in [0.15, 0.2) is 48.7 Å². The van der Waals surface area contributed by atoms with E-state index in [0.717, 1.165) is 36.6 Å². The van der Waals surface area contributed by atoms with Crippen LogP contribution in [-0.4, -0.2) is 35.8 Å². The standard InChI is InChI=1S/C26H38N2O3/c1-3-4-5-6-7-8-11-17-28(25-15-9-10-16-27-25)18-19-31-24-14-12-13-23(21-24)20-22(2)26(29)30/h9-10,12-16,21-22H,3-8,11,17-20H2,1-2H3,(H,29,30). The monoisotopic (exact) mass is 426 g/mol. The normalized spacial score (nSPS) is 11.8. The summed E-state index contributed by atoms with van der Waals surface area (Å²) in [5.74, 6) is 0.590. The van der Waals surface area contributed by atoms with Gasteiger partial charge in [-0.2, -0.15) is 0 Å². The summed E-state index contributed by atoms with van der Waals surface area (Å²) < 4.78 is 6.00. The average molecular weight is 427 g/mol. The molecule has 170 valence electrons. The van der Waals surface area contributed by atoms with Gasteiger partial charge in [0.1, 0.15) is 18.2 Å². The molecular weight excluding hydrogens is 388 g/mol. The second-order valence-corrected chi connectivity index (χ2v) is 8.24. The molecule has 0 radical (unpaired) electrons. The molecule has 2 aromatic rings. The second kappa shape index (κ2) is 14.4. The third kappa shape index (κ3) is 9.86. The van der Waals surface area contributed by atoms with Gasteiger partial charge >= 0.3 is 5.97 Å². The van der Waals surface area contributed by atoms with Gasteiger partial charge in [0.15, 0.2) is 0 Å². The van der Waals surface area contributed by atoms with Gasteiger partial charge in [-0.15, -0.1) is 0 Å². The molecule has 0 fully saturated rings. The van der Waals surface area contributed by atoms with E-state index in [2.05, 4.69) is 22.9 Å². The van der Waals surface area contributed by atoms with E-state index in [4.69, 9.17) is 9.84 Å². The summed E-state index contributed by atoms with van der Waals surface area (Å²) >= 11 is 0. The lowest BCUT2D eigenvalue weighted by atomic mass is 10.0. The number of aliphatic carboxylic acids is 1. The fourth-order valence-corrected chi connectivity index (χ4v) is 3.62. The van der Waals surface area contributed by atoms with Crippen molar-refractivity contribution in [2.45, 2.75) is 65.2 Å². The number of aromatic nitrogens is 1. The molecular formula is C26H38N2O3. The van der Waals surface area contributed by atoms with Crippen molar-refractivity contribution in [2.24, 2.45) is 5.92 Å². The topological polar surface area (TPSA) is 62.7 Å². The van der Waals surface area contributed by atoms with Crippen molar-refractivity contribution in [1.29, 1.82) is 0 Å².